The average Bonchev–Trinajstić information content (AvgIpc) is 2.64. The van der Waals surface area contributed by atoms with E-state index in [9.17, 15) is 0 Å². The summed E-state index contributed by atoms with van der Waals surface area (Å²) in [7, 11) is 3.37. The van der Waals surface area contributed by atoms with Crippen LogP contribution < -0.4 is 4.74 Å². The molecule has 120 valence electrons. The van der Waals surface area contributed by atoms with Crippen molar-refractivity contribution in [3.63, 3.8) is 0 Å². The fourth-order valence-corrected chi connectivity index (χ4v) is 2.74. The standard InChI is InChI=1S/C22H21O2/c1-16-4-6-17(7-5-16)22(18-8-12-20(23-2)13-9-18)19-10-14-21(24-3)15-11-19/h4-15H,1-3H3/q+1. The van der Waals surface area contributed by atoms with Crippen LogP contribution in [-0.4, -0.2) is 20.0 Å². The van der Waals surface area contributed by atoms with Crippen molar-refractivity contribution < 1.29 is 9.16 Å². The van der Waals surface area contributed by atoms with E-state index in [4.69, 9.17) is 9.16 Å². The summed E-state index contributed by atoms with van der Waals surface area (Å²) < 4.78 is 10.6. The van der Waals surface area contributed by atoms with Gasteiger partial charge in [0.05, 0.1) is 7.11 Å². The van der Waals surface area contributed by atoms with Crippen LogP contribution in [0.2, 0.25) is 0 Å². The lowest BCUT2D eigenvalue weighted by Crippen LogP contribution is -1.99. The van der Waals surface area contributed by atoms with Gasteiger partial charge >= 0.3 is 5.78 Å². The van der Waals surface area contributed by atoms with Gasteiger partial charge in [-0.15, -0.1) is 0 Å². The van der Waals surface area contributed by atoms with Crippen LogP contribution in [0.15, 0.2) is 78.4 Å². The molecule has 0 atom stereocenters. The van der Waals surface area contributed by atoms with Gasteiger partial charge in [0.2, 0.25) is 0 Å². The van der Waals surface area contributed by atoms with E-state index in [-0.39, 0.29) is 0 Å². The first-order valence-electron chi connectivity index (χ1n) is 7.94. The van der Waals surface area contributed by atoms with Crippen LogP contribution in [0.1, 0.15) is 16.7 Å². The van der Waals surface area contributed by atoms with Crippen LogP contribution in [0, 0.1) is 6.92 Å². The first kappa shape index (κ1) is 16.0. The number of hydrogen-bond acceptors (Lipinski definition) is 1. The summed E-state index contributed by atoms with van der Waals surface area (Å²) in [5.41, 5.74) is 5.95. The molecule has 0 fully saturated rings. The SMILES string of the molecule is COc1ccc(C(=C2C=CC(=[O+]C)C=C2)c2ccc(C)cc2)cc1. The molecular weight excluding hydrogens is 296 g/mol. The van der Waals surface area contributed by atoms with E-state index in [2.05, 4.69) is 55.5 Å². The monoisotopic (exact) mass is 317 g/mol. The Labute approximate surface area is 143 Å². The third kappa shape index (κ3) is 3.38. The lowest BCUT2D eigenvalue weighted by atomic mass is 9.90. The predicted molar refractivity (Wildman–Crippen MR) is 99.4 cm³/mol. The lowest BCUT2D eigenvalue weighted by Gasteiger charge is -2.14. The Morgan fingerprint density at radius 2 is 1.33 bits per heavy atom. The highest BCUT2D eigenvalue weighted by atomic mass is 16.5. The van der Waals surface area contributed by atoms with Gasteiger partial charge in [0.25, 0.3) is 7.11 Å². The van der Waals surface area contributed by atoms with E-state index < -0.39 is 0 Å². The van der Waals surface area contributed by atoms with E-state index in [0.29, 0.717) is 0 Å². The Balaban J connectivity index is 2.14. The number of ether oxygens (including phenoxy) is 1. The molecule has 2 aromatic carbocycles. The molecule has 2 nitrogen and oxygen atoms in total. The molecule has 2 aromatic rings. The van der Waals surface area contributed by atoms with Gasteiger partial charge in [-0.1, -0.05) is 42.0 Å². The predicted octanol–water partition coefficient (Wildman–Crippen LogP) is 4.67. The summed E-state index contributed by atoms with van der Waals surface area (Å²) in [4.78, 5) is 0. The number of aryl methyl sites for hydroxylation is 1. The Kier molecular flexibility index (Phi) is 4.76. The van der Waals surface area contributed by atoms with Crippen molar-refractivity contribution in [3.8, 4) is 5.75 Å². The highest BCUT2D eigenvalue weighted by Crippen LogP contribution is 2.30. The van der Waals surface area contributed by atoms with Crippen molar-refractivity contribution in [2.75, 3.05) is 14.2 Å². The minimum absolute atomic E-state index is 0.858. The summed E-state index contributed by atoms with van der Waals surface area (Å²) in [6, 6.07) is 16.8. The normalized spacial score (nSPS) is 13.1. The van der Waals surface area contributed by atoms with Gasteiger partial charge in [0, 0.05) is 12.2 Å². The Bertz CT molecular complexity index is 815. The third-order valence-corrected chi connectivity index (χ3v) is 4.10. The van der Waals surface area contributed by atoms with E-state index >= 15 is 0 Å². The number of allylic oxidation sites excluding steroid dienone is 5. The van der Waals surface area contributed by atoms with Gasteiger partial charge in [-0.25, -0.2) is 0 Å². The van der Waals surface area contributed by atoms with Gasteiger partial charge in [0.15, 0.2) is 0 Å². The summed E-state index contributed by atoms with van der Waals surface area (Å²) in [5.74, 6) is 1.72. The largest absolute Gasteiger partial charge is 0.497 e. The highest BCUT2D eigenvalue weighted by molar-refractivity contribution is 6.03. The maximum atomic E-state index is 5.28. The second-order valence-corrected chi connectivity index (χ2v) is 5.70. The molecule has 0 spiro atoms. The van der Waals surface area contributed by atoms with Gasteiger partial charge in [0.1, 0.15) is 5.75 Å². The van der Waals surface area contributed by atoms with Crippen LogP contribution in [-0.2, 0) is 4.42 Å². The minimum atomic E-state index is 0.858. The third-order valence-electron chi connectivity index (χ3n) is 4.10. The van der Waals surface area contributed by atoms with Gasteiger partial charge < -0.3 is 4.74 Å². The molecule has 1 aliphatic rings. The van der Waals surface area contributed by atoms with Crippen LogP contribution in [0.3, 0.4) is 0 Å². The molecule has 0 N–H and O–H groups in total. The second-order valence-electron chi connectivity index (χ2n) is 5.70. The second kappa shape index (κ2) is 7.14. The number of hydrogen-bond donors (Lipinski definition) is 0. The average molecular weight is 317 g/mol. The smallest absolute Gasteiger partial charge is 0.343 e. The summed E-state index contributed by atoms with van der Waals surface area (Å²) in [5, 5.41) is 0. The van der Waals surface area contributed by atoms with E-state index in [1.54, 1.807) is 14.2 Å². The highest BCUT2D eigenvalue weighted by Gasteiger charge is 2.13. The topological polar surface area (TPSA) is 20.5 Å². The Hall–Kier alpha value is -2.87. The van der Waals surface area contributed by atoms with Crippen molar-refractivity contribution in [1.82, 2.24) is 0 Å². The fraction of sp³-hybridized carbons (Fsp3) is 0.136. The number of benzene rings is 2. The number of methoxy groups -OCH3 is 1. The van der Waals surface area contributed by atoms with E-state index in [0.717, 1.165) is 22.7 Å². The molecule has 2 heteroatoms. The maximum Gasteiger partial charge on any atom is 0.343 e. The molecule has 0 bridgehead atoms. The molecule has 0 amide bonds. The number of rotatable bonds is 3. The van der Waals surface area contributed by atoms with E-state index in [1.165, 1.54) is 16.7 Å². The van der Waals surface area contributed by atoms with Crippen molar-refractivity contribution in [1.29, 1.82) is 0 Å². The van der Waals surface area contributed by atoms with Crippen LogP contribution in [0.5, 0.6) is 5.75 Å². The molecule has 24 heavy (non-hydrogen) atoms. The van der Waals surface area contributed by atoms with E-state index in [1.807, 2.05) is 24.3 Å². The Morgan fingerprint density at radius 1 is 0.792 bits per heavy atom. The molecule has 1 aliphatic carbocycles. The molecule has 0 heterocycles. The summed E-state index contributed by atoms with van der Waals surface area (Å²) >= 11 is 0. The molecule has 3 rings (SSSR count). The van der Waals surface area contributed by atoms with Crippen LogP contribution in [0.25, 0.3) is 5.57 Å². The zero-order valence-electron chi connectivity index (χ0n) is 14.2. The van der Waals surface area contributed by atoms with Gasteiger partial charge in [-0.2, -0.15) is 0 Å². The molecule has 0 aromatic heterocycles. The van der Waals surface area contributed by atoms with Crippen LogP contribution in [0.4, 0.5) is 0 Å². The molecule has 0 saturated carbocycles. The molecule has 0 saturated heterocycles. The molecular formula is C22H21O2+. The summed E-state index contributed by atoms with van der Waals surface area (Å²) in [6.07, 6.45) is 8.18. The number of ketones is 1. The first-order chi connectivity index (χ1) is 11.7. The van der Waals surface area contributed by atoms with Crippen molar-refractivity contribution >= 4 is 11.4 Å². The lowest BCUT2D eigenvalue weighted by molar-refractivity contribution is -0.417. The molecule has 0 unspecified atom stereocenters. The zero-order valence-corrected chi connectivity index (χ0v) is 14.2. The summed E-state index contributed by atoms with van der Waals surface area (Å²) in [6.45, 7) is 2.10. The zero-order chi connectivity index (χ0) is 16.9. The quantitative estimate of drug-likeness (QED) is 0.754. The minimum Gasteiger partial charge on any atom is -0.497 e. The maximum absolute atomic E-state index is 5.28. The van der Waals surface area contributed by atoms with Gasteiger partial charge in [-0.3, -0.25) is 4.42 Å². The van der Waals surface area contributed by atoms with Crippen molar-refractivity contribution in [3.05, 3.63) is 95.1 Å². The fourth-order valence-electron chi connectivity index (χ4n) is 2.74. The molecule has 0 radical (unpaired) electrons. The van der Waals surface area contributed by atoms with Crippen molar-refractivity contribution in [2.45, 2.75) is 6.92 Å². The Morgan fingerprint density at radius 3 is 1.83 bits per heavy atom. The molecule has 0 aliphatic heterocycles. The van der Waals surface area contributed by atoms with Gasteiger partial charge in [-0.05, 0) is 53.5 Å². The number of carbonyl (C=O) groups excluding carboxylic acids is 1. The first-order valence-corrected chi connectivity index (χ1v) is 7.94. The van der Waals surface area contributed by atoms with Crippen LogP contribution >= 0.6 is 0 Å². The van der Waals surface area contributed by atoms with Crippen molar-refractivity contribution in [2.24, 2.45) is 0 Å².